The molecule has 0 bridgehead atoms. The summed E-state index contributed by atoms with van der Waals surface area (Å²) < 4.78 is 0. The average Bonchev–Trinajstić information content (AvgIpc) is 2.28. The second kappa shape index (κ2) is 5.46. The lowest BCUT2D eigenvalue weighted by Crippen LogP contribution is -1.95. The van der Waals surface area contributed by atoms with E-state index >= 15 is 0 Å². The van der Waals surface area contributed by atoms with E-state index < -0.39 is 4.92 Å². The molecule has 0 heterocycles. The van der Waals surface area contributed by atoms with Crippen molar-refractivity contribution in [3.8, 4) is 0 Å². The monoisotopic (exact) mass is 237 g/mol. The Kier molecular flexibility index (Phi) is 4.25. The molecule has 0 aromatic heterocycles. The number of nitro benzene ring substituents is 1. The number of carbonyl (C=O) groups excluding carboxylic acids is 1. The van der Waals surface area contributed by atoms with E-state index in [1.165, 1.54) is 23.9 Å². The Hall–Kier alpha value is -1.62. The number of non-ortho nitro benzene ring substituents is 1. The Morgan fingerprint density at radius 1 is 1.44 bits per heavy atom. The third-order valence-electron chi connectivity index (χ3n) is 1.92. The molecule has 0 saturated carbocycles. The van der Waals surface area contributed by atoms with Crippen molar-refractivity contribution in [2.24, 2.45) is 0 Å². The molecule has 4 nitrogen and oxygen atoms in total. The lowest BCUT2D eigenvalue weighted by molar-refractivity contribution is -0.384. The molecule has 0 saturated heterocycles. The first-order valence-corrected chi connectivity index (χ1v) is 5.50. The van der Waals surface area contributed by atoms with E-state index in [9.17, 15) is 14.9 Å². The van der Waals surface area contributed by atoms with Crippen molar-refractivity contribution >= 4 is 23.2 Å². The van der Waals surface area contributed by atoms with Gasteiger partial charge in [0.05, 0.1) is 4.92 Å². The van der Waals surface area contributed by atoms with E-state index in [0.29, 0.717) is 11.3 Å². The van der Waals surface area contributed by atoms with Crippen molar-refractivity contribution in [1.82, 2.24) is 0 Å². The van der Waals surface area contributed by atoms with Gasteiger partial charge < -0.3 is 0 Å². The molecule has 0 spiro atoms. The highest BCUT2D eigenvalue weighted by Gasteiger charge is 2.08. The van der Waals surface area contributed by atoms with E-state index in [2.05, 4.69) is 6.58 Å². The summed E-state index contributed by atoms with van der Waals surface area (Å²) in [6, 6.07) is 6.03. The molecule has 0 aliphatic rings. The maximum absolute atomic E-state index is 11.3. The van der Waals surface area contributed by atoms with Gasteiger partial charge in [-0.1, -0.05) is 25.3 Å². The highest BCUT2D eigenvalue weighted by atomic mass is 32.2. The molecule has 1 aromatic rings. The molecule has 0 amide bonds. The Balaban J connectivity index is 2.72. The summed E-state index contributed by atoms with van der Waals surface area (Å²) in [5.74, 6) is -0.0108. The molecule has 0 atom stereocenters. The van der Waals surface area contributed by atoms with E-state index in [1.807, 2.05) is 0 Å². The van der Waals surface area contributed by atoms with Crippen LogP contribution in [0.4, 0.5) is 5.69 Å². The number of hydrogen-bond donors (Lipinski definition) is 0. The summed E-state index contributed by atoms with van der Waals surface area (Å²) >= 11 is 1.23. The highest BCUT2D eigenvalue weighted by Crippen LogP contribution is 2.27. The van der Waals surface area contributed by atoms with Crippen LogP contribution in [0.1, 0.15) is 13.3 Å². The molecule has 84 valence electrons. The Bertz CT molecular complexity index is 425. The van der Waals surface area contributed by atoms with Gasteiger partial charge in [0.25, 0.3) is 5.69 Å². The summed E-state index contributed by atoms with van der Waals surface area (Å²) in [5.41, 5.74) is 0.0387. The first kappa shape index (κ1) is 12.4. The second-order valence-corrected chi connectivity index (χ2v) is 4.22. The number of Topliss-reactive ketones (excluding diaryl/α,β-unsaturated/α-hetero) is 1. The zero-order chi connectivity index (χ0) is 12.1. The van der Waals surface area contributed by atoms with Crippen LogP contribution >= 0.6 is 11.8 Å². The largest absolute Gasteiger partial charge is 0.294 e. The number of thioether (sulfide) groups is 1. The molecule has 5 heteroatoms. The van der Waals surface area contributed by atoms with Gasteiger partial charge in [-0.2, -0.15) is 0 Å². The maximum atomic E-state index is 11.3. The van der Waals surface area contributed by atoms with Crippen LogP contribution in [0.3, 0.4) is 0 Å². The van der Waals surface area contributed by atoms with Crippen LogP contribution in [-0.2, 0) is 4.79 Å². The lowest BCUT2D eigenvalue weighted by atomic mass is 10.3. The van der Waals surface area contributed by atoms with Crippen molar-refractivity contribution in [2.75, 3.05) is 0 Å². The van der Waals surface area contributed by atoms with Crippen molar-refractivity contribution < 1.29 is 9.72 Å². The molecular formula is C11H11NO3S. The van der Waals surface area contributed by atoms with Gasteiger partial charge in [-0.15, -0.1) is 0 Å². The fourth-order valence-electron chi connectivity index (χ4n) is 1.03. The number of ketones is 1. The molecule has 1 rings (SSSR count). The molecule has 0 N–H and O–H groups in total. The first-order valence-electron chi connectivity index (χ1n) is 4.69. The average molecular weight is 237 g/mol. The molecule has 0 aliphatic heterocycles. The summed E-state index contributed by atoms with van der Waals surface area (Å²) in [6.45, 7) is 5.43. The van der Waals surface area contributed by atoms with Crippen LogP contribution in [0.25, 0.3) is 0 Å². The molecule has 0 radical (unpaired) electrons. The van der Waals surface area contributed by atoms with Gasteiger partial charge in [0, 0.05) is 28.4 Å². The lowest BCUT2D eigenvalue weighted by Gasteiger charge is -2.02. The predicted octanol–water partition coefficient (Wildman–Crippen LogP) is 3.18. The zero-order valence-corrected chi connectivity index (χ0v) is 9.62. The highest BCUT2D eigenvalue weighted by molar-refractivity contribution is 8.04. The van der Waals surface area contributed by atoms with Crippen molar-refractivity contribution in [1.29, 1.82) is 0 Å². The summed E-state index contributed by atoms with van der Waals surface area (Å²) in [5, 5.41) is 10.4. The fraction of sp³-hybridized carbons (Fsp3) is 0.182. The number of allylic oxidation sites excluding steroid dienone is 1. The molecule has 0 fully saturated rings. The fourth-order valence-corrected chi connectivity index (χ4v) is 1.85. The SMILES string of the molecule is C=C(Sc1ccc([N+](=O)[O-])cc1)C(=O)CC. The van der Waals surface area contributed by atoms with Gasteiger partial charge in [-0.25, -0.2) is 0 Å². The van der Waals surface area contributed by atoms with Crippen molar-refractivity contribution in [2.45, 2.75) is 18.2 Å². The topological polar surface area (TPSA) is 60.2 Å². The molecule has 1 aromatic carbocycles. The van der Waals surface area contributed by atoms with Crippen LogP contribution in [0, 0.1) is 10.1 Å². The second-order valence-electron chi connectivity index (χ2n) is 3.05. The van der Waals surface area contributed by atoms with E-state index in [1.54, 1.807) is 19.1 Å². The standard InChI is InChI=1S/C11H11NO3S/c1-3-11(13)8(2)16-10-6-4-9(5-7-10)12(14)15/h4-7H,2-3H2,1H3. The zero-order valence-electron chi connectivity index (χ0n) is 8.80. The van der Waals surface area contributed by atoms with Gasteiger partial charge in [-0.3, -0.25) is 14.9 Å². The summed E-state index contributed by atoms with van der Waals surface area (Å²) in [6.07, 6.45) is 0.415. The normalized spacial score (nSPS) is 9.81. The minimum absolute atomic E-state index is 0.0108. The number of benzene rings is 1. The summed E-state index contributed by atoms with van der Waals surface area (Å²) in [7, 11) is 0. The van der Waals surface area contributed by atoms with Crippen LogP contribution in [0.15, 0.2) is 40.6 Å². The van der Waals surface area contributed by atoms with E-state index in [-0.39, 0.29) is 11.5 Å². The first-order chi connectivity index (χ1) is 7.54. The number of hydrogen-bond acceptors (Lipinski definition) is 4. The van der Waals surface area contributed by atoms with Crippen LogP contribution in [-0.4, -0.2) is 10.7 Å². The van der Waals surface area contributed by atoms with Crippen molar-refractivity contribution in [3.05, 3.63) is 45.9 Å². The smallest absolute Gasteiger partial charge is 0.269 e. The van der Waals surface area contributed by atoms with E-state index in [4.69, 9.17) is 0 Å². The third-order valence-corrected chi connectivity index (χ3v) is 2.90. The minimum Gasteiger partial charge on any atom is -0.294 e. The predicted molar refractivity (Wildman–Crippen MR) is 63.4 cm³/mol. The van der Waals surface area contributed by atoms with Gasteiger partial charge in [0.15, 0.2) is 5.78 Å². The van der Waals surface area contributed by atoms with Gasteiger partial charge >= 0.3 is 0 Å². The Morgan fingerprint density at radius 2 is 2.00 bits per heavy atom. The number of rotatable bonds is 5. The van der Waals surface area contributed by atoms with Gasteiger partial charge in [0.2, 0.25) is 0 Å². The van der Waals surface area contributed by atoms with Crippen LogP contribution < -0.4 is 0 Å². The number of nitrogens with zero attached hydrogens (tertiary/aromatic N) is 1. The maximum Gasteiger partial charge on any atom is 0.269 e. The molecule has 0 aliphatic carbocycles. The van der Waals surface area contributed by atoms with Crippen molar-refractivity contribution in [3.63, 3.8) is 0 Å². The molecule has 0 unspecified atom stereocenters. The Labute approximate surface area is 97.5 Å². The Morgan fingerprint density at radius 3 is 2.44 bits per heavy atom. The summed E-state index contributed by atoms with van der Waals surface area (Å²) in [4.78, 5) is 22.5. The van der Waals surface area contributed by atoms with Crippen LogP contribution in [0.2, 0.25) is 0 Å². The third kappa shape index (κ3) is 3.20. The molecule has 16 heavy (non-hydrogen) atoms. The minimum atomic E-state index is -0.458. The number of carbonyl (C=O) groups is 1. The number of nitro groups is 1. The quantitative estimate of drug-likeness (QED) is 0.341. The van der Waals surface area contributed by atoms with E-state index in [0.717, 1.165) is 4.90 Å². The van der Waals surface area contributed by atoms with Gasteiger partial charge in [0.1, 0.15) is 0 Å². The van der Waals surface area contributed by atoms with Gasteiger partial charge in [-0.05, 0) is 12.1 Å². The van der Waals surface area contributed by atoms with Crippen LogP contribution in [0.5, 0.6) is 0 Å². The molecular weight excluding hydrogens is 226 g/mol.